The maximum atomic E-state index is 8.72. The van der Waals surface area contributed by atoms with E-state index in [1.807, 2.05) is 12.1 Å². The van der Waals surface area contributed by atoms with Crippen molar-refractivity contribution >= 4 is 11.3 Å². The van der Waals surface area contributed by atoms with Crippen molar-refractivity contribution in [1.82, 2.24) is 10.2 Å². The predicted octanol–water partition coefficient (Wildman–Crippen LogP) is 2.83. The summed E-state index contributed by atoms with van der Waals surface area (Å²) in [4.78, 5) is 4.41. The van der Waals surface area contributed by atoms with Crippen LogP contribution < -0.4 is 5.32 Å². The van der Waals surface area contributed by atoms with Gasteiger partial charge in [0.25, 0.3) is 0 Å². The molecule has 1 aromatic heterocycles. The molecule has 1 heterocycles. The van der Waals surface area contributed by atoms with E-state index >= 15 is 0 Å². The van der Waals surface area contributed by atoms with E-state index < -0.39 is 0 Å². The fourth-order valence-electron chi connectivity index (χ4n) is 1.61. The lowest BCUT2D eigenvalue weighted by atomic mass is 10.2. The fraction of sp³-hybridized carbons (Fsp3) is 0.643. The second-order valence-electron chi connectivity index (χ2n) is 4.84. The summed E-state index contributed by atoms with van der Waals surface area (Å²) in [5.74, 6) is 0. The SMILES string of the molecule is CC(C)N(C)CCCCNCc1ccc(C#N)s1. The molecule has 0 spiro atoms. The predicted molar refractivity (Wildman–Crippen MR) is 77.7 cm³/mol. The number of nitrogens with one attached hydrogen (secondary N) is 1. The molecule has 0 atom stereocenters. The quantitative estimate of drug-likeness (QED) is 0.735. The van der Waals surface area contributed by atoms with E-state index in [1.165, 1.54) is 17.7 Å². The van der Waals surface area contributed by atoms with Crippen molar-refractivity contribution in [3.63, 3.8) is 0 Å². The second-order valence-corrected chi connectivity index (χ2v) is 6.00. The van der Waals surface area contributed by atoms with Crippen LogP contribution in [0.15, 0.2) is 12.1 Å². The van der Waals surface area contributed by atoms with Crippen LogP contribution in [0.5, 0.6) is 0 Å². The Kier molecular flexibility index (Phi) is 6.96. The summed E-state index contributed by atoms with van der Waals surface area (Å²) in [6, 6.07) is 6.72. The van der Waals surface area contributed by atoms with Crippen molar-refractivity contribution < 1.29 is 0 Å². The highest BCUT2D eigenvalue weighted by Crippen LogP contribution is 2.14. The van der Waals surface area contributed by atoms with Crippen molar-refractivity contribution in [3.8, 4) is 6.07 Å². The number of nitriles is 1. The minimum Gasteiger partial charge on any atom is -0.312 e. The first kappa shape index (κ1) is 15.2. The van der Waals surface area contributed by atoms with Crippen LogP contribution in [0.1, 0.15) is 36.4 Å². The normalized spacial score (nSPS) is 11.1. The number of unbranched alkanes of at least 4 members (excludes halogenated alkanes) is 1. The zero-order chi connectivity index (χ0) is 13.4. The third-order valence-corrected chi connectivity index (χ3v) is 4.06. The molecule has 0 saturated heterocycles. The molecule has 0 unspecified atom stereocenters. The number of hydrogen-bond acceptors (Lipinski definition) is 4. The average Bonchev–Trinajstić information content (AvgIpc) is 2.81. The molecule has 0 amide bonds. The summed E-state index contributed by atoms with van der Waals surface area (Å²) in [6.45, 7) is 7.54. The molecule has 0 saturated carbocycles. The van der Waals surface area contributed by atoms with Gasteiger partial charge in [0.05, 0.1) is 0 Å². The summed E-state index contributed by atoms with van der Waals surface area (Å²) in [6.07, 6.45) is 2.43. The molecule has 0 bridgehead atoms. The smallest absolute Gasteiger partial charge is 0.110 e. The van der Waals surface area contributed by atoms with Crippen LogP contribution in [0, 0.1) is 11.3 Å². The van der Waals surface area contributed by atoms with Gasteiger partial charge in [-0.3, -0.25) is 0 Å². The minimum absolute atomic E-state index is 0.633. The lowest BCUT2D eigenvalue weighted by Crippen LogP contribution is -2.27. The van der Waals surface area contributed by atoms with Gasteiger partial charge in [-0.25, -0.2) is 0 Å². The van der Waals surface area contributed by atoms with E-state index in [9.17, 15) is 0 Å². The molecule has 0 aliphatic rings. The van der Waals surface area contributed by atoms with Gasteiger partial charge in [0.1, 0.15) is 10.9 Å². The van der Waals surface area contributed by atoms with Crippen LogP contribution >= 0.6 is 11.3 Å². The molecular formula is C14H23N3S. The molecule has 1 N–H and O–H groups in total. The Morgan fingerprint density at radius 2 is 2.17 bits per heavy atom. The first-order chi connectivity index (χ1) is 8.63. The summed E-state index contributed by atoms with van der Waals surface area (Å²) < 4.78 is 0. The van der Waals surface area contributed by atoms with Crippen LogP contribution in [-0.4, -0.2) is 31.1 Å². The largest absolute Gasteiger partial charge is 0.312 e. The number of nitrogens with zero attached hydrogens (tertiary/aromatic N) is 2. The molecule has 0 aliphatic carbocycles. The number of rotatable bonds is 8. The van der Waals surface area contributed by atoms with Gasteiger partial charge in [0, 0.05) is 17.5 Å². The number of hydrogen-bond donors (Lipinski definition) is 1. The first-order valence-electron chi connectivity index (χ1n) is 6.53. The van der Waals surface area contributed by atoms with Crippen molar-refractivity contribution in [3.05, 3.63) is 21.9 Å². The zero-order valence-electron chi connectivity index (χ0n) is 11.6. The van der Waals surface area contributed by atoms with Crippen molar-refractivity contribution in [2.24, 2.45) is 0 Å². The van der Waals surface area contributed by atoms with E-state index in [2.05, 4.69) is 37.2 Å². The van der Waals surface area contributed by atoms with Crippen LogP contribution in [0.3, 0.4) is 0 Å². The average molecular weight is 265 g/mol. The standard InChI is InChI=1S/C14H23N3S/c1-12(2)17(3)9-5-4-8-16-11-14-7-6-13(10-15)18-14/h6-7,12,16H,4-5,8-9,11H2,1-3H3. The molecule has 3 nitrogen and oxygen atoms in total. The van der Waals surface area contributed by atoms with Crippen LogP contribution in [-0.2, 0) is 6.54 Å². The van der Waals surface area contributed by atoms with Crippen molar-refractivity contribution in [2.75, 3.05) is 20.1 Å². The molecule has 0 aromatic carbocycles. The van der Waals surface area contributed by atoms with Gasteiger partial charge in [-0.15, -0.1) is 11.3 Å². The van der Waals surface area contributed by atoms with Gasteiger partial charge in [0.2, 0.25) is 0 Å². The Balaban J connectivity index is 2.04. The molecule has 0 radical (unpaired) electrons. The third-order valence-electron chi connectivity index (χ3n) is 3.07. The Morgan fingerprint density at radius 1 is 1.39 bits per heavy atom. The van der Waals surface area contributed by atoms with E-state index in [-0.39, 0.29) is 0 Å². The van der Waals surface area contributed by atoms with Crippen molar-refractivity contribution in [2.45, 2.75) is 39.3 Å². The molecule has 1 aromatic rings. The molecule has 100 valence electrons. The topological polar surface area (TPSA) is 39.1 Å². The molecule has 18 heavy (non-hydrogen) atoms. The van der Waals surface area contributed by atoms with Gasteiger partial charge < -0.3 is 10.2 Å². The maximum absolute atomic E-state index is 8.72. The highest BCUT2D eigenvalue weighted by molar-refractivity contribution is 7.12. The zero-order valence-corrected chi connectivity index (χ0v) is 12.4. The van der Waals surface area contributed by atoms with E-state index in [0.717, 1.165) is 24.5 Å². The van der Waals surface area contributed by atoms with Crippen LogP contribution in [0.4, 0.5) is 0 Å². The maximum Gasteiger partial charge on any atom is 0.110 e. The molecule has 0 aliphatic heterocycles. The summed E-state index contributed by atoms with van der Waals surface area (Å²) in [7, 11) is 2.17. The monoisotopic (exact) mass is 265 g/mol. The highest BCUT2D eigenvalue weighted by Gasteiger charge is 2.02. The van der Waals surface area contributed by atoms with Gasteiger partial charge in [-0.1, -0.05) is 0 Å². The lowest BCUT2D eigenvalue weighted by Gasteiger charge is -2.20. The summed E-state index contributed by atoms with van der Waals surface area (Å²) in [5, 5.41) is 12.1. The molecule has 4 heteroatoms. The van der Waals surface area contributed by atoms with Crippen molar-refractivity contribution in [1.29, 1.82) is 5.26 Å². The molecular weight excluding hydrogens is 242 g/mol. The number of thiophene rings is 1. The summed E-state index contributed by atoms with van der Waals surface area (Å²) in [5.41, 5.74) is 0. The Labute approximate surface area is 114 Å². The van der Waals surface area contributed by atoms with E-state index in [1.54, 1.807) is 11.3 Å². The fourth-order valence-corrected chi connectivity index (χ4v) is 2.39. The minimum atomic E-state index is 0.633. The Morgan fingerprint density at radius 3 is 2.78 bits per heavy atom. The molecule has 1 rings (SSSR count). The third kappa shape index (κ3) is 5.63. The first-order valence-corrected chi connectivity index (χ1v) is 7.35. The second kappa shape index (κ2) is 8.25. The Bertz CT molecular complexity index is 379. The molecule has 0 fully saturated rings. The van der Waals surface area contributed by atoms with Gasteiger partial charge in [-0.2, -0.15) is 5.26 Å². The lowest BCUT2D eigenvalue weighted by molar-refractivity contribution is 0.268. The van der Waals surface area contributed by atoms with Gasteiger partial charge >= 0.3 is 0 Å². The van der Waals surface area contributed by atoms with Crippen LogP contribution in [0.25, 0.3) is 0 Å². The van der Waals surface area contributed by atoms with E-state index in [4.69, 9.17) is 5.26 Å². The van der Waals surface area contributed by atoms with Crippen LogP contribution in [0.2, 0.25) is 0 Å². The van der Waals surface area contributed by atoms with Gasteiger partial charge in [-0.05, 0) is 59.0 Å². The summed E-state index contributed by atoms with van der Waals surface area (Å²) >= 11 is 1.57. The van der Waals surface area contributed by atoms with Gasteiger partial charge in [0.15, 0.2) is 0 Å². The Hall–Kier alpha value is -0.890. The highest BCUT2D eigenvalue weighted by atomic mass is 32.1. The van der Waals surface area contributed by atoms with E-state index in [0.29, 0.717) is 6.04 Å².